The van der Waals surface area contributed by atoms with Crippen molar-refractivity contribution in [2.24, 2.45) is 0 Å². The first kappa shape index (κ1) is 15.0. The molecule has 2 rings (SSSR count). The van der Waals surface area contributed by atoms with E-state index in [4.69, 9.17) is 4.74 Å². The molecule has 0 bridgehead atoms. The summed E-state index contributed by atoms with van der Waals surface area (Å²) in [6, 6.07) is 9.67. The van der Waals surface area contributed by atoms with E-state index in [9.17, 15) is 9.18 Å². The lowest BCUT2D eigenvalue weighted by atomic mass is 10.1. The minimum Gasteiger partial charge on any atom is -0.492 e. The molecule has 0 fully saturated rings. The van der Waals surface area contributed by atoms with E-state index in [2.05, 4.69) is 5.32 Å². The van der Waals surface area contributed by atoms with Crippen LogP contribution in [-0.4, -0.2) is 12.5 Å². The summed E-state index contributed by atoms with van der Waals surface area (Å²) in [6.07, 6.45) is 0. The van der Waals surface area contributed by atoms with Crippen LogP contribution in [0.5, 0.6) is 5.75 Å². The third kappa shape index (κ3) is 3.60. The molecule has 2 aromatic carbocycles. The van der Waals surface area contributed by atoms with Crippen LogP contribution in [0.15, 0.2) is 36.4 Å². The third-order valence-electron chi connectivity index (χ3n) is 3.12. The zero-order valence-corrected chi connectivity index (χ0v) is 12.4. The normalized spacial score (nSPS) is 10.3. The first-order valence-electron chi connectivity index (χ1n) is 6.82. The molecule has 0 unspecified atom stereocenters. The molecule has 1 N–H and O–H groups in total. The van der Waals surface area contributed by atoms with E-state index in [-0.39, 0.29) is 11.7 Å². The molecule has 0 saturated carbocycles. The van der Waals surface area contributed by atoms with Gasteiger partial charge in [-0.2, -0.15) is 0 Å². The van der Waals surface area contributed by atoms with E-state index in [0.29, 0.717) is 29.2 Å². The summed E-state index contributed by atoms with van der Waals surface area (Å²) in [5, 5.41) is 2.81. The van der Waals surface area contributed by atoms with E-state index in [0.717, 1.165) is 5.56 Å². The number of carbonyl (C=O) groups is 1. The average molecular weight is 287 g/mol. The fourth-order valence-corrected chi connectivity index (χ4v) is 2.08. The topological polar surface area (TPSA) is 38.3 Å². The van der Waals surface area contributed by atoms with Gasteiger partial charge < -0.3 is 10.1 Å². The molecule has 0 spiro atoms. The lowest BCUT2D eigenvalue weighted by molar-refractivity contribution is 0.102. The SMILES string of the molecule is CCOc1cc(C)ccc1NC(=O)c1ccc(F)cc1C. The minimum absolute atomic E-state index is 0.280. The summed E-state index contributed by atoms with van der Waals surface area (Å²) in [5.41, 5.74) is 2.70. The van der Waals surface area contributed by atoms with Crippen molar-refractivity contribution < 1.29 is 13.9 Å². The Bertz CT molecular complexity index is 668. The van der Waals surface area contributed by atoms with Gasteiger partial charge in [-0.3, -0.25) is 4.79 Å². The molecule has 2 aromatic rings. The van der Waals surface area contributed by atoms with Gasteiger partial charge in [-0.25, -0.2) is 4.39 Å². The Balaban J connectivity index is 2.27. The number of anilines is 1. The highest BCUT2D eigenvalue weighted by molar-refractivity contribution is 6.06. The van der Waals surface area contributed by atoms with E-state index < -0.39 is 0 Å². The van der Waals surface area contributed by atoms with Crippen molar-refractivity contribution in [3.8, 4) is 5.75 Å². The van der Waals surface area contributed by atoms with Crippen molar-refractivity contribution in [2.45, 2.75) is 20.8 Å². The molecule has 0 aliphatic carbocycles. The summed E-state index contributed by atoms with van der Waals surface area (Å²) in [7, 11) is 0. The second-order valence-electron chi connectivity index (χ2n) is 4.85. The second kappa shape index (κ2) is 6.39. The van der Waals surface area contributed by atoms with Crippen molar-refractivity contribution in [2.75, 3.05) is 11.9 Å². The van der Waals surface area contributed by atoms with Crippen LogP contribution in [0.4, 0.5) is 10.1 Å². The summed E-state index contributed by atoms with van der Waals surface area (Å²) in [6.45, 7) is 6.06. The maximum atomic E-state index is 13.1. The van der Waals surface area contributed by atoms with Gasteiger partial charge in [-0.15, -0.1) is 0 Å². The predicted molar refractivity (Wildman–Crippen MR) is 81.4 cm³/mol. The molecule has 4 heteroatoms. The molecular formula is C17H18FNO2. The highest BCUT2D eigenvalue weighted by atomic mass is 19.1. The summed E-state index contributed by atoms with van der Waals surface area (Å²) >= 11 is 0. The Morgan fingerprint density at radius 1 is 1.19 bits per heavy atom. The molecule has 0 atom stereocenters. The van der Waals surface area contributed by atoms with Gasteiger partial charge in [0.05, 0.1) is 12.3 Å². The standard InChI is InChI=1S/C17H18FNO2/c1-4-21-16-9-11(2)5-8-15(16)19-17(20)14-7-6-13(18)10-12(14)3/h5-10H,4H2,1-3H3,(H,19,20). The first-order valence-corrected chi connectivity index (χ1v) is 6.82. The molecular weight excluding hydrogens is 269 g/mol. The lowest BCUT2D eigenvalue weighted by Gasteiger charge is -2.13. The summed E-state index contributed by atoms with van der Waals surface area (Å²) in [5.74, 6) is -0.00249. The van der Waals surface area contributed by atoms with Crippen LogP contribution in [0.3, 0.4) is 0 Å². The van der Waals surface area contributed by atoms with Crippen LogP contribution >= 0.6 is 0 Å². The molecule has 110 valence electrons. The molecule has 0 aromatic heterocycles. The van der Waals surface area contributed by atoms with E-state index >= 15 is 0 Å². The number of hydrogen-bond acceptors (Lipinski definition) is 2. The summed E-state index contributed by atoms with van der Waals surface area (Å²) < 4.78 is 18.6. The van der Waals surface area contributed by atoms with Gasteiger partial charge in [0.1, 0.15) is 11.6 Å². The van der Waals surface area contributed by atoms with Gasteiger partial charge >= 0.3 is 0 Å². The van der Waals surface area contributed by atoms with E-state index in [1.165, 1.54) is 18.2 Å². The second-order valence-corrected chi connectivity index (χ2v) is 4.85. The lowest BCUT2D eigenvalue weighted by Crippen LogP contribution is -2.14. The Labute approximate surface area is 123 Å². The number of amides is 1. The number of rotatable bonds is 4. The van der Waals surface area contributed by atoms with Crippen LogP contribution < -0.4 is 10.1 Å². The van der Waals surface area contributed by atoms with Crippen LogP contribution in [0, 0.1) is 19.7 Å². The molecule has 21 heavy (non-hydrogen) atoms. The number of benzene rings is 2. The Kier molecular flexibility index (Phi) is 4.58. The monoisotopic (exact) mass is 287 g/mol. The molecule has 0 aliphatic heterocycles. The van der Waals surface area contributed by atoms with Crippen LogP contribution in [0.2, 0.25) is 0 Å². The molecule has 0 aliphatic rings. The third-order valence-corrected chi connectivity index (χ3v) is 3.12. The molecule has 0 radical (unpaired) electrons. The molecule has 3 nitrogen and oxygen atoms in total. The van der Waals surface area contributed by atoms with Gasteiger partial charge in [0.2, 0.25) is 0 Å². The van der Waals surface area contributed by atoms with Gasteiger partial charge in [-0.1, -0.05) is 6.07 Å². The van der Waals surface area contributed by atoms with Crippen molar-refractivity contribution in [1.29, 1.82) is 0 Å². The van der Waals surface area contributed by atoms with E-state index in [1.807, 2.05) is 26.0 Å². The first-order chi connectivity index (χ1) is 10.0. The van der Waals surface area contributed by atoms with Crippen molar-refractivity contribution in [3.05, 3.63) is 58.9 Å². The van der Waals surface area contributed by atoms with Crippen molar-refractivity contribution in [3.63, 3.8) is 0 Å². The maximum Gasteiger partial charge on any atom is 0.256 e. The van der Waals surface area contributed by atoms with Gasteiger partial charge in [0, 0.05) is 5.56 Å². The number of ether oxygens (including phenoxy) is 1. The quantitative estimate of drug-likeness (QED) is 0.919. The fourth-order valence-electron chi connectivity index (χ4n) is 2.08. The maximum absolute atomic E-state index is 13.1. The van der Waals surface area contributed by atoms with Crippen molar-refractivity contribution in [1.82, 2.24) is 0 Å². The largest absolute Gasteiger partial charge is 0.492 e. The smallest absolute Gasteiger partial charge is 0.256 e. The van der Waals surface area contributed by atoms with Crippen LogP contribution in [-0.2, 0) is 0 Å². The highest BCUT2D eigenvalue weighted by Gasteiger charge is 2.12. The average Bonchev–Trinajstić information content (AvgIpc) is 2.42. The number of carbonyl (C=O) groups excluding carboxylic acids is 1. The summed E-state index contributed by atoms with van der Waals surface area (Å²) in [4.78, 5) is 12.3. The van der Waals surface area contributed by atoms with Crippen LogP contribution in [0.25, 0.3) is 0 Å². The number of nitrogens with one attached hydrogen (secondary N) is 1. The van der Waals surface area contributed by atoms with Crippen LogP contribution in [0.1, 0.15) is 28.4 Å². The van der Waals surface area contributed by atoms with Gasteiger partial charge in [-0.05, 0) is 62.2 Å². The Morgan fingerprint density at radius 2 is 1.95 bits per heavy atom. The number of aryl methyl sites for hydroxylation is 2. The van der Waals surface area contributed by atoms with Gasteiger partial charge in [0.25, 0.3) is 5.91 Å². The zero-order valence-electron chi connectivity index (χ0n) is 12.4. The van der Waals surface area contributed by atoms with Crippen molar-refractivity contribution >= 4 is 11.6 Å². The Hall–Kier alpha value is -2.36. The fraction of sp³-hybridized carbons (Fsp3) is 0.235. The minimum atomic E-state index is -0.352. The predicted octanol–water partition coefficient (Wildman–Crippen LogP) is 4.09. The van der Waals surface area contributed by atoms with E-state index in [1.54, 1.807) is 13.0 Å². The Morgan fingerprint density at radius 3 is 2.62 bits per heavy atom. The molecule has 1 amide bonds. The zero-order chi connectivity index (χ0) is 15.4. The van der Waals surface area contributed by atoms with Gasteiger partial charge in [0.15, 0.2) is 0 Å². The number of halogens is 1. The number of hydrogen-bond donors (Lipinski definition) is 1. The highest BCUT2D eigenvalue weighted by Crippen LogP contribution is 2.26. The molecule has 0 saturated heterocycles. The molecule has 0 heterocycles.